The summed E-state index contributed by atoms with van der Waals surface area (Å²) in [6.45, 7) is 0.112. The fourth-order valence-corrected chi connectivity index (χ4v) is 3.11. The van der Waals surface area contributed by atoms with Crippen molar-refractivity contribution < 1.29 is 23.8 Å². The van der Waals surface area contributed by atoms with E-state index in [4.69, 9.17) is 14.2 Å². The second-order valence-corrected chi connectivity index (χ2v) is 6.48. The number of benzene rings is 2. The molecule has 0 aliphatic rings. The van der Waals surface area contributed by atoms with Gasteiger partial charge in [0, 0.05) is 35.3 Å². The third-order valence-electron chi connectivity index (χ3n) is 4.57. The number of nitrogens with one attached hydrogen (secondary N) is 2. The molecule has 2 aromatic carbocycles. The number of H-pyrrole nitrogens is 1. The number of para-hydroxylation sites is 2. The Bertz CT molecular complexity index is 1050. The van der Waals surface area contributed by atoms with Crippen molar-refractivity contribution in [2.45, 2.75) is 6.42 Å². The lowest BCUT2D eigenvalue weighted by Crippen LogP contribution is -2.30. The van der Waals surface area contributed by atoms with Gasteiger partial charge in [0.25, 0.3) is 5.91 Å². The fraction of sp³-hybridized carbons (Fsp3) is 0.217. The minimum Gasteiger partial charge on any atom is -0.493 e. The van der Waals surface area contributed by atoms with E-state index < -0.39 is 5.97 Å². The van der Waals surface area contributed by atoms with Gasteiger partial charge in [-0.15, -0.1) is 0 Å². The first-order chi connectivity index (χ1) is 14.6. The number of esters is 1. The minimum atomic E-state index is -0.619. The van der Waals surface area contributed by atoms with E-state index in [0.717, 1.165) is 16.5 Å². The largest absolute Gasteiger partial charge is 0.493 e. The lowest BCUT2D eigenvalue weighted by Gasteiger charge is -2.09. The van der Waals surface area contributed by atoms with Gasteiger partial charge in [-0.05, 0) is 30.2 Å². The number of carbonyl (C=O) groups is 2. The first-order valence-electron chi connectivity index (χ1n) is 9.50. The number of aromatic amines is 1. The van der Waals surface area contributed by atoms with Crippen LogP contribution in [0.5, 0.6) is 11.5 Å². The Morgan fingerprint density at radius 2 is 1.90 bits per heavy atom. The van der Waals surface area contributed by atoms with Gasteiger partial charge in [-0.25, -0.2) is 4.79 Å². The molecule has 0 saturated carbocycles. The van der Waals surface area contributed by atoms with Crippen LogP contribution in [0.15, 0.2) is 54.7 Å². The number of amides is 1. The summed E-state index contributed by atoms with van der Waals surface area (Å²) in [4.78, 5) is 27.1. The molecule has 0 aliphatic carbocycles. The van der Waals surface area contributed by atoms with Gasteiger partial charge in [-0.1, -0.05) is 30.3 Å². The molecule has 0 spiro atoms. The summed E-state index contributed by atoms with van der Waals surface area (Å²) >= 11 is 0. The highest BCUT2D eigenvalue weighted by molar-refractivity contribution is 5.90. The maximum atomic E-state index is 11.9. The first kappa shape index (κ1) is 21.0. The van der Waals surface area contributed by atoms with Gasteiger partial charge in [0.15, 0.2) is 18.1 Å². The molecule has 0 aliphatic heterocycles. The molecule has 0 atom stereocenters. The molecule has 0 bridgehead atoms. The maximum absolute atomic E-state index is 11.9. The predicted molar refractivity (Wildman–Crippen MR) is 115 cm³/mol. The molecule has 7 nitrogen and oxygen atoms in total. The molecule has 0 radical (unpaired) electrons. The number of hydrogen-bond acceptors (Lipinski definition) is 5. The van der Waals surface area contributed by atoms with Gasteiger partial charge >= 0.3 is 5.97 Å². The Labute approximate surface area is 174 Å². The third-order valence-corrected chi connectivity index (χ3v) is 4.57. The average molecular weight is 408 g/mol. The molecule has 0 unspecified atom stereocenters. The van der Waals surface area contributed by atoms with Crippen LogP contribution in [0.2, 0.25) is 0 Å². The van der Waals surface area contributed by atoms with Crippen LogP contribution in [-0.4, -0.2) is 44.2 Å². The normalized spacial score (nSPS) is 10.9. The Kier molecular flexibility index (Phi) is 7.10. The van der Waals surface area contributed by atoms with Crippen LogP contribution in [0.4, 0.5) is 0 Å². The van der Waals surface area contributed by atoms with Gasteiger partial charge in [-0.3, -0.25) is 4.79 Å². The van der Waals surface area contributed by atoms with Crippen molar-refractivity contribution >= 4 is 28.9 Å². The molecule has 1 aromatic heterocycles. The van der Waals surface area contributed by atoms with Crippen LogP contribution in [0, 0.1) is 0 Å². The number of rotatable bonds is 9. The molecule has 7 heteroatoms. The highest BCUT2D eigenvalue weighted by Gasteiger charge is 2.09. The van der Waals surface area contributed by atoms with Gasteiger partial charge in [0.2, 0.25) is 0 Å². The van der Waals surface area contributed by atoms with E-state index in [1.165, 1.54) is 20.3 Å². The van der Waals surface area contributed by atoms with E-state index in [2.05, 4.69) is 10.3 Å². The Hall–Kier alpha value is -3.74. The van der Waals surface area contributed by atoms with Crippen LogP contribution >= 0.6 is 0 Å². The summed E-state index contributed by atoms with van der Waals surface area (Å²) in [6.07, 6.45) is 5.42. The number of hydrogen-bond donors (Lipinski definition) is 2. The molecule has 1 heterocycles. The zero-order valence-corrected chi connectivity index (χ0v) is 16.9. The fourth-order valence-electron chi connectivity index (χ4n) is 3.11. The van der Waals surface area contributed by atoms with Crippen molar-refractivity contribution in [2.75, 3.05) is 27.4 Å². The topological polar surface area (TPSA) is 89.6 Å². The smallest absolute Gasteiger partial charge is 0.331 e. The van der Waals surface area contributed by atoms with Crippen molar-refractivity contribution in [2.24, 2.45) is 0 Å². The lowest BCUT2D eigenvalue weighted by molar-refractivity contribution is -0.143. The molecule has 2 N–H and O–H groups in total. The summed E-state index contributed by atoms with van der Waals surface area (Å²) in [5.41, 5.74) is 2.85. The molecule has 0 saturated heterocycles. The Balaban J connectivity index is 1.44. The van der Waals surface area contributed by atoms with E-state index in [1.54, 1.807) is 24.3 Å². The van der Waals surface area contributed by atoms with E-state index in [9.17, 15) is 9.59 Å². The van der Waals surface area contributed by atoms with Crippen LogP contribution in [-0.2, 0) is 20.7 Å². The van der Waals surface area contributed by atoms with Gasteiger partial charge in [0.05, 0.1) is 14.2 Å². The van der Waals surface area contributed by atoms with Crippen molar-refractivity contribution in [3.05, 3.63) is 65.9 Å². The molecule has 156 valence electrons. The van der Waals surface area contributed by atoms with Crippen LogP contribution < -0.4 is 14.8 Å². The molecule has 30 heavy (non-hydrogen) atoms. The summed E-state index contributed by atoms with van der Waals surface area (Å²) in [7, 11) is 3.06. The van der Waals surface area contributed by atoms with Crippen LogP contribution in [0.1, 0.15) is 11.1 Å². The zero-order valence-electron chi connectivity index (χ0n) is 16.9. The zero-order chi connectivity index (χ0) is 21.3. The molecular weight excluding hydrogens is 384 g/mol. The second-order valence-electron chi connectivity index (χ2n) is 6.48. The van der Waals surface area contributed by atoms with Crippen LogP contribution in [0.25, 0.3) is 17.0 Å². The van der Waals surface area contributed by atoms with Crippen molar-refractivity contribution in [1.82, 2.24) is 10.3 Å². The molecule has 0 fully saturated rings. The van der Waals surface area contributed by atoms with Crippen molar-refractivity contribution in [1.29, 1.82) is 0 Å². The first-order valence-corrected chi connectivity index (χ1v) is 9.50. The van der Waals surface area contributed by atoms with Gasteiger partial charge in [-0.2, -0.15) is 0 Å². The average Bonchev–Trinajstić information content (AvgIpc) is 3.19. The number of carbonyl (C=O) groups excluding carboxylic acids is 2. The number of ether oxygens (including phenoxy) is 3. The molecule has 1 amide bonds. The van der Waals surface area contributed by atoms with Gasteiger partial charge < -0.3 is 24.5 Å². The van der Waals surface area contributed by atoms with Crippen molar-refractivity contribution in [3.8, 4) is 11.5 Å². The summed E-state index contributed by atoms with van der Waals surface area (Å²) in [5.74, 6) is 0.101. The van der Waals surface area contributed by atoms with Gasteiger partial charge in [0.1, 0.15) is 0 Å². The molecule has 3 rings (SSSR count). The Morgan fingerprint density at radius 3 is 2.70 bits per heavy atom. The standard InChI is InChI=1S/C23H24N2O5/c1-28-20-9-5-6-16(23(20)29-2)10-11-22(27)30-15-21(26)24-13-12-17-14-25-19-8-4-3-7-18(17)19/h3-11,14,25H,12-13,15H2,1-2H3,(H,24,26)/b11-10+. The van der Waals surface area contributed by atoms with Crippen LogP contribution in [0.3, 0.4) is 0 Å². The van der Waals surface area contributed by atoms with E-state index in [-0.39, 0.29) is 12.5 Å². The molecular formula is C23H24N2O5. The van der Waals surface area contributed by atoms with E-state index in [0.29, 0.717) is 30.0 Å². The number of aromatic nitrogens is 1. The third kappa shape index (κ3) is 5.20. The number of fused-ring (bicyclic) bond motifs is 1. The monoisotopic (exact) mass is 408 g/mol. The maximum Gasteiger partial charge on any atom is 0.331 e. The SMILES string of the molecule is COc1cccc(/C=C/C(=O)OCC(=O)NCCc2c[nH]c3ccccc23)c1OC. The van der Waals surface area contributed by atoms with E-state index >= 15 is 0 Å². The predicted octanol–water partition coefficient (Wildman–Crippen LogP) is 3.10. The highest BCUT2D eigenvalue weighted by Crippen LogP contribution is 2.31. The highest BCUT2D eigenvalue weighted by atomic mass is 16.5. The quantitative estimate of drug-likeness (QED) is 0.420. The van der Waals surface area contributed by atoms with Crippen molar-refractivity contribution in [3.63, 3.8) is 0 Å². The number of methoxy groups -OCH3 is 2. The summed E-state index contributed by atoms with van der Waals surface area (Å²) in [5, 5.41) is 3.89. The van der Waals surface area contributed by atoms with E-state index in [1.807, 2.05) is 30.5 Å². The lowest BCUT2D eigenvalue weighted by atomic mass is 10.1. The second kappa shape index (κ2) is 10.2. The Morgan fingerprint density at radius 1 is 1.07 bits per heavy atom. The summed E-state index contributed by atoms with van der Waals surface area (Å²) in [6, 6.07) is 13.3. The molecule has 3 aromatic rings. The summed E-state index contributed by atoms with van der Waals surface area (Å²) < 4.78 is 15.5. The minimum absolute atomic E-state index is 0.341.